The normalized spacial score (nSPS) is 11.7. The molecule has 1 heterocycles. The fourth-order valence-electron chi connectivity index (χ4n) is 0.978. The summed E-state index contributed by atoms with van der Waals surface area (Å²) >= 11 is 0. The highest BCUT2D eigenvalue weighted by Crippen LogP contribution is 2.30. The molecule has 0 amide bonds. The Bertz CT molecular complexity index is 396. The molecule has 0 unspecified atom stereocenters. The van der Waals surface area contributed by atoms with E-state index in [4.69, 9.17) is 11.5 Å². The number of H-pyrrole nitrogens is 1. The lowest BCUT2D eigenvalue weighted by Gasteiger charge is -2.09. The van der Waals surface area contributed by atoms with Gasteiger partial charge in [-0.05, 0) is 6.07 Å². The lowest BCUT2D eigenvalue weighted by Crippen LogP contribution is -2.23. The van der Waals surface area contributed by atoms with Crippen molar-refractivity contribution in [3.63, 3.8) is 0 Å². The highest BCUT2D eigenvalue weighted by atomic mass is 19.4. The zero-order chi connectivity index (χ0) is 10.9. The zero-order valence-corrected chi connectivity index (χ0v) is 6.98. The van der Waals surface area contributed by atoms with E-state index in [0.29, 0.717) is 0 Å². The predicted molar refractivity (Wildman–Crippen MR) is 44.4 cm³/mol. The van der Waals surface area contributed by atoms with Crippen molar-refractivity contribution in [3.8, 4) is 0 Å². The van der Waals surface area contributed by atoms with E-state index in [2.05, 4.69) is 0 Å². The summed E-state index contributed by atoms with van der Waals surface area (Å²) in [6.07, 6.45) is -4.66. The first-order valence-electron chi connectivity index (χ1n) is 3.65. The maximum Gasteiger partial charge on any atom is 0.433 e. The largest absolute Gasteiger partial charge is 0.433 e. The van der Waals surface area contributed by atoms with Crippen molar-refractivity contribution in [3.05, 3.63) is 27.7 Å². The number of nitrogens with two attached hydrogens (primary N) is 2. The Kier molecular flexibility index (Phi) is 2.52. The monoisotopic (exact) mass is 207 g/mol. The molecule has 0 spiro atoms. The van der Waals surface area contributed by atoms with Crippen LogP contribution in [0.25, 0.3) is 0 Å². The molecular formula is C7H8F3N3O. The third kappa shape index (κ3) is 1.87. The smallest absolute Gasteiger partial charge is 0.397 e. The molecule has 0 saturated carbocycles. The van der Waals surface area contributed by atoms with Gasteiger partial charge in [-0.3, -0.25) is 4.79 Å². The second kappa shape index (κ2) is 3.33. The van der Waals surface area contributed by atoms with E-state index in [9.17, 15) is 18.0 Å². The van der Waals surface area contributed by atoms with Gasteiger partial charge in [0.15, 0.2) is 0 Å². The van der Waals surface area contributed by atoms with Gasteiger partial charge in [0.1, 0.15) is 5.69 Å². The molecule has 0 radical (unpaired) electrons. The lowest BCUT2D eigenvalue weighted by molar-refractivity contribution is -0.140. The third-order valence-electron chi connectivity index (χ3n) is 1.65. The van der Waals surface area contributed by atoms with Crippen molar-refractivity contribution < 1.29 is 13.2 Å². The molecule has 0 aromatic carbocycles. The molecule has 0 fully saturated rings. The highest BCUT2D eigenvalue weighted by Gasteiger charge is 2.34. The number of alkyl halides is 3. The summed E-state index contributed by atoms with van der Waals surface area (Å²) < 4.78 is 36.5. The van der Waals surface area contributed by atoms with Gasteiger partial charge in [-0.1, -0.05) is 0 Å². The molecule has 5 N–H and O–H groups in total. The minimum Gasteiger partial charge on any atom is -0.397 e. The number of halogens is 3. The van der Waals surface area contributed by atoms with Crippen LogP contribution in [-0.2, 0) is 12.7 Å². The van der Waals surface area contributed by atoms with Crippen LogP contribution in [-0.4, -0.2) is 4.98 Å². The average Bonchev–Trinajstić information content (AvgIpc) is 2.06. The van der Waals surface area contributed by atoms with E-state index < -0.39 is 23.1 Å². The number of aromatic nitrogens is 1. The van der Waals surface area contributed by atoms with Crippen LogP contribution in [0.4, 0.5) is 18.9 Å². The second-order valence-corrected chi connectivity index (χ2v) is 2.66. The Hall–Kier alpha value is -1.50. The fraction of sp³-hybridized carbons (Fsp3) is 0.286. The molecule has 1 aromatic rings. The Morgan fingerprint density at radius 1 is 1.43 bits per heavy atom. The molecule has 0 aliphatic carbocycles. The topological polar surface area (TPSA) is 84.9 Å². The van der Waals surface area contributed by atoms with Gasteiger partial charge in [-0.25, -0.2) is 0 Å². The first-order chi connectivity index (χ1) is 6.36. The van der Waals surface area contributed by atoms with Gasteiger partial charge >= 0.3 is 6.18 Å². The van der Waals surface area contributed by atoms with Crippen molar-refractivity contribution in [2.75, 3.05) is 5.73 Å². The molecule has 0 saturated heterocycles. The minimum absolute atomic E-state index is 0.0236. The third-order valence-corrected chi connectivity index (χ3v) is 1.65. The van der Waals surface area contributed by atoms with Crippen molar-refractivity contribution in [1.82, 2.24) is 4.98 Å². The van der Waals surface area contributed by atoms with Gasteiger partial charge in [0.2, 0.25) is 0 Å². The van der Waals surface area contributed by atoms with Crippen molar-refractivity contribution in [2.24, 2.45) is 5.73 Å². The summed E-state index contributed by atoms with van der Waals surface area (Å²) in [5, 5.41) is 0. The first kappa shape index (κ1) is 10.6. The number of pyridine rings is 1. The lowest BCUT2D eigenvalue weighted by atomic mass is 10.2. The number of hydrogen-bond acceptors (Lipinski definition) is 3. The maximum absolute atomic E-state index is 12.2. The maximum atomic E-state index is 12.2. The molecular weight excluding hydrogens is 199 g/mol. The van der Waals surface area contributed by atoms with E-state index in [1.165, 1.54) is 0 Å². The summed E-state index contributed by atoms with van der Waals surface area (Å²) in [7, 11) is 0. The molecule has 0 bridgehead atoms. The van der Waals surface area contributed by atoms with Crippen LogP contribution >= 0.6 is 0 Å². The minimum atomic E-state index is -4.66. The van der Waals surface area contributed by atoms with Crippen molar-refractivity contribution >= 4 is 5.69 Å². The quantitative estimate of drug-likeness (QED) is 0.624. The molecule has 4 nitrogen and oxygen atoms in total. The molecule has 1 rings (SSSR count). The summed E-state index contributed by atoms with van der Waals surface area (Å²) in [6.45, 7) is -0.155. The predicted octanol–water partition coefficient (Wildman–Crippen LogP) is 0.435. The number of nitrogens with one attached hydrogen (secondary N) is 1. The Labute approximate surface area is 76.7 Å². The van der Waals surface area contributed by atoms with Crippen molar-refractivity contribution in [2.45, 2.75) is 12.7 Å². The van der Waals surface area contributed by atoms with Gasteiger partial charge in [0.25, 0.3) is 5.56 Å². The fourth-order valence-corrected chi connectivity index (χ4v) is 0.978. The number of rotatable bonds is 1. The van der Waals surface area contributed by atoms with Gasteiger partial charge in [-0.2, -0.15) is 13.2 Å². The van der Waals surface area contributed by atoms with Gasteiger partial charge in [0, 0.05) is 12.1 Å². The molecule has 7 heteroatoms. The Morgan fingerprint density at radius 2 is 2.00 bits per heavy atom. The molecule has 0 aliphatic heterocycles. The summed E-state index contributed by atoms with van der Waals surface area (Å²) in [5.41, 5.74) is 7.62. The summed E-state index contributed by atoms with van der Waals surface area (Å²) in [5.74, 6) is 0. The van der Waals surface area contributed by atoms with Crippen molar-refractivity contribution in [1.29, 1.82) is 0 Å². The summed E-state index contributed by atoms with van der Waals surface area (Å²) in [6, 6.07) is 0.932. The number of nitrogen functional groups attached to an aromatic ring is 1. The van der Waals surface area contributed by atoms with Crippen LogP contribution < -0.4 is 17.0 Å². The Morgan fingerprint density at radius 3 is 2.43 bits per heavy atom. The van der Waals surface area contributed by atoms with E-state index in [1.54, 1.807) is 4.98 Å². The molecule has 0 atom stereocenters. The van der Waals surface area contributed by atoms with E-state index in [-0.39, 0.29) is 12.1 Å². The van der Waals surface area contributed by atoms with E-state index >= 15 is 0 Å². The van der Waals surface area contributed by atoms with Crippen LogP contribution in [0.2, 0.25) is 0 Å². The first-order valence-corrected chi connectivity index (χ1v) is 3.65. The van der Waals surface area contributed by atoms with Gasteiger partial charge in [0.05, 0.1) is 5.69 Å². The molecule has 14 heavy (non-hydrogen) atoms. The molecule has 1 aromatic heterocycles. The average molecular weight is 207 g/mol. The SMILES string of the molecule is NCc1cc(N)c(C(F)(F)F)[nH]c1=O. The van der Waals surface area contributed by atoms with E-state index in [1.807, 2.05) is 0 Å². The zero-order valence-electron chi connectivity index (χ0n) is 6.98. The summed E-state index contributed by atoms with van der Waals surface area (Å²) in [4.78, 5) is 12.6. The Balaban J connectivity index is 3.37. The number of aromatic amines is 1. The molecule has 0 aliphatic rings. The standard InChI is InChI=1S/C7H8F3N3O/c8-7(9,10)5-4(12)1-3(2-11)6(14)13-5/h1H,2,11-12H2,(H,13,14). The molecule has 78 valence electrons. The van der Waals surface area contributed by atoms with Crippen LogP contribution in [0, 0.1) is 0 Å². The second-order valence-electron chi connectivity index (χ2n) is 2.66. The van der Waals surface area contributed by atoms with E-state index in [0.717, 1.165) is 6.07 Å². The highest BCUT2D eigenvalue weighted by molar-refractivity contribution is 5.46. The van der Waals surface area contributed by atoms with Crippen LogP contribution in [0.1, 0.15) is 11.3 Å². The van der Waals surface area contributed by atoms with Gasteiger partial charge in [-0.15, -0.1) is 0 Å². The van der Waals surface area contributed by atoms with Crippen LogP contribution in [0.5, 0.6) is 0 Å². The van der Waals surface area contributed by atoms with Gasteiger partial charge < -0.3 is 16.5 Å². The number of hydrogen-bond donors (Lipinski definition) is 3. The van der Waals surface area contributed by atoms with Crippen LogP contribution in [0.3, 0.4) is 0 Å². The number of anilines is 1. The van der Waals surface area contributed by atoms with Crippen LogP contribution in [0.15, 0.2) is 10.9 Å².